The molecule has 0 spiro atoms. The van der Waals surface area contributed by atoms with Gasteiger partial charge in [-0.05, 0) is 56.2 Å². The van der Waals surface area contributed by atoms with Crippen molar-refractivity contribution in [3.63, 3.8) is 0 Å². The van der Waals surface area contributed by atoms with E-state index in [-0.39, 0.29) is 29.8 Å². The summed E-state index contributed by atoms with van der Waals surface area (Å²) in [6, 6.07) is 6.96. The number of hydrogen-bond acceptors (Lipinski definition) is 4. The van der Waals surface area contributed by atoms with Gasteiger partial charge in [0.15, 0.2) is 11.6 Å². The van der Waals surface area contributed by atoms with Crippen molar-refractivity contribution in [2.75, 3.05) is 18.0 Å². The van der Waals surface area contributed by atoms with Gasteiger partial charge in [0, 0.05) is 18.5 Å². The molecule has 0 saturated carbocycles. The van der Waals surface area contributed by atoms with Gasteiger partial charge in [-0.15, -0.1) is 0 Å². The zero-order valence-electron chi connectivity index (χ0n) is 19.4. The minimum Gasteiger partial charge on any atom is -0.327 e. The van der Waals surface area contributed by atoms with Gasteiger partial charge in [-0.1, -0.05) is 12.1 Å². The average Bonchev–Trinajstić information content (AvgIpc) is 2.82. The molecule has 1 atom stereocenters. The zero-order chi connectivity index (χ0) is 25.4. The van der Waals surface area contributed by atoms with Gasteiger partial charge < -0.3 is 9.80 Å². The van der Waals surface area contributed by atoms with Gasteiger partial charge in [-0.3, -0.25) is 14.4 Å². The van der Waals surface area contributed by atoms with E-state index < -0.39 is 41.9 Å². The second-order valence-electron chi connectivity index (χ2n) is 8.61. The maximum Gasteiger partial charge on any atom is 0.267 e. The summed E-state index contributed by atoms with van der Waals surface area (Å²) in [5.74, 6) is -4.28. The summed E-state index contributed by atoms with van der Waals surface area (Å²) >= 11 is 0. The van der Waals surface area contributed by atoms with Crippen LogP contribution in [0.5, 0.6) is 0 Å². The molecule has 2 amide bonds. The zero-order valence-corrected chi connectivity index (χ0v) is 19.4. The Bertz CT molecular complexity index is 1390. The maximum absolute atomic E-state index is 14.6. The number of anilines is 1. The SMILES string of the molecule is Cc1c(Cc2ccc(F)c(C(=O)N3CC(=O)N(c4cccc(F)c4F)[C@H](C)C3)c2)n[nH]c(=O)c1C. The van der Waals surface area contributed by atoms with E-state index in [2.05, 4.69) is 10.2 Å². The topological polar surface area (TPSA) is 86.4 Å². The van der Waals surface area contributed by atoms with E-state index in [4.69, 9.17) is 0 Å². The number of carbonyl (C=O) groups is 2. The van der Waals surface area contributed by atoms with Crippen molar-refractivity contribution in [1.29, 1.82) is 0 Å². The molecule has 182 valence electrons. The molecule has 0 bridgehead atoms. The Morgan fingerprint density at radius 3 is 2.54 bits per heavy atom. The van der Waals surface area contributed by atoms with Crippen molar-refractivity contribution >= 4 is 17.5 Å². The smallest absolute Gasteiger partial charge is 0.267 e. The predicted octanol–water partition coefficient (Wildman–Crippen LogP) is 3.27. The van der Waals surface area contributed by atoms with Crippen LogP contribution in [0.15, 0.2) is 41.2 Å². The Morgan fingerprint density at radius 2 is 1.83 bits per heavy atom. The van der Waals surface area contributed by atoms with Crippen LogP contribution < -0.4 is 10.5 Å². The molecule has 4 rings (SSSR count). The number of carbonyl (C=O) groups excluding carboxylic acids is 2. The molecular formula is C25H23F3N4O3. The molecule has 1 fully saturated rings. The largest absolute Gasteiger partial charge is 0.327 e. The molecular weight excluding hydrogens is 461 g/mol. The Kier molecular flexibility index (Phi) is 6.47. The van der Waals surface area contributed by atoms with Crippen LogP contribution in [0.2, 0.25) is 0 Å². The van der Waals surface area contributed by atoms with Crippen LogP contribution in [0.3, 0.4) is 0 Å². The number of halogens is 3. The second-order valence-corrected chi connectivity index (χ2v) is 8.61. The van der Waals surface area contributed by atoms with Crippen molar-refractivity contribution in [2.45, 2.75) is 33.2 Å². The number of nitrogens with zero attached hydrogens (tertiary/aromatic N) is 3. The van der Waals surface area contributed by atoms with Crippen molar-refractivity contribution < 1.29 is 22.8 Å². The highest BCUT2D eigenvalue weighted by molar-refractivity contribution is 6.02. The van der Waals surface area contributed by atoms with Crippen LogP contribution in [0.1, 0.15) is 39.7 Å². The normalized spacial score (nSPS) is 16.1. The maximum atomic E-state index is 14.6. The van der Waals surface area contributed by atoms with Gasteiger partial charge in [-0.2, -0.15) is 5.10 Å². The molecule has 2 heterocycles. The molecule has 1 N–H and O–H groups in total. The quantitative estimate of drug-likeness (QED) is 0.616. The van der Waals surface area contributed by atoms with Crippen molar-refractivity contribution in [3.8, 4) is 0 Å². The fourth-order valence-electron chi connectivity index (χ4n) is 4.21. The van der Waals surface area contributed by atoms with Gasteiger partial charge in [-0.25, -0.2) is 18.3 Å². The van der Waals surface area contributed by atoms with Crippen LogP contribution in [0.4, 0.5) is 18.9 Å². The molecule has 1 aliphatic heterocycles. The number of hydrogen-bond donors (Lipinski definition) is 1. The number of nitrogens with one attached hydrogen (secondary N) is 1. The number of rotatable bonds is 4. The van der Waals surface area contributed by atoms with E-state index in [9.17, 15) is 27.6 Å². The third-order valence-corrected chi connectivity index (χ3v) is 6.26. The monoisotopic (exact) mass is 484 g/mol. The lowest BCUT2D eigenvalue weighted by Crippen LogP contribution is -2.57. The van der Waals surface area contributed by atoms with Crippen LogP contribution in [-0.2, 0) is 11.2 Å². The first-order chi connectivity index (χ1) is 16.6. The third kappa shape index (κ3) is 4.55. The lowest BCUT2D eigenvalue weighted by molar-refractivity contribution is -0.121. The summed E-state index contributed by atoms with van der Waals surface area (Å²) in [6.45, 7) is 4.62. The van der Waals surface area contributed by atoms with Crippen molar-refractivity contribution in [3.05, 3.63) is 92.2 Å². The lowest BCUT2D eigenvalue weighted by atomic mass is 10.0. The first kappa shape index (κ1) is 24.2. The fraction of sp³-hybridized carbons (Fsp3) is 0.280. The van der Waals surface area contributed by atoms with E-state index >= 15 is 0 Å². The highest BCUT2D eigenvalue weighted by Gasteiger charge is 2.36. The fourth-order valence-corrected chi connectivity index (χ4v) is 4.21. The summed E-state index contributed by atoms with van der Waals surface area (Å²) in [7, 11) is 0. The summed E-state index contributed by atoms with van der Waals surface area (Å²) < 4.78 is 42.6. The molecule has 1 aromatic heterocycles. The molecule has 1 saturated heterocycles. The van der Waals surface area contributed by atoms with E-state index in [1.54, 1.807) is 20.8 Å². The molecule has 7 nitrogen and oxygen atoms in total. The molecule has 0 aliphatic carbocycles. The highest BCUT2D eigenvalue weighted by Crippen LogP contribution is 2.27. The standard InChI is InChI=1S/C25H23F3N4O3/c1-13-11-31(12-22(33)32(13)21-6-4-5-19(27)23(21)28)25(35)17-9-16(7-8-18(17)26)10-20-14(2)15(3)24(34)30-29-20/h4-9,13H,10-12H2,1-3H3,(H,30,34)/t13-/m1/s1. The molecule has 10 heteroatoms. The molecule has 1 aliphatic rings. The third-order valence-electron chi connectivity index (χ3n) is 6.26. The summed E-state index contributed by atoms with van der Waals surface area (Å²) in [4.78, 5) is 40.0. The first-order valence-electron chi connectivity index (χ1n) is 11.0. The first-order valence-corrected chi connectivity index (χ1v) is 11.0. The molecule has 0 unspecified atom stereocenters. The predicted molar refractivity (Wildman–Crippen MR) is 123 cm³/mol. The van der Waals surface area contributed by atoms with Gasteiger partial charge in [0.25, 0.3) is 11.5 Å². The lowest BCUT2D eigenvalue weighted by Gasteiger charge is -2.39. The van der Waals surface area contributed by atoms with Gasteiger partial charge in [0.05, 0.1) is 23.0 Å². The Hall–Kier alpha value is -3.95. The summed E-state index contributed by atoms with van der Waals surface area (Å²) in [6.07, 6.45) is 0.256. The van der Waals surface area contributed by atoms with E-state index in [0.29, 0.717) is 22.4 Å². The molecule has 2 aromatic carbocycles. The Labute approximate surface area is 199 Å². The number of aromatic amines is 1. The summed E-state index contributed by atoms with van der Waals surface area (Å²) in [5, 5.41) is 6.47. The minimum absolute atomic E-state index is 0.00394. The number of piperazine rings is 1. The number of H-pyrrole nitrogens is 1. The average molecular weight is 484 g/mol. The minimum atomic E-state index is -1.15. The van der Waals surface area contributed by atoms with E-state index in [1.165, 1.54) is 35.2 Å². The Morgan fingerprint density at radius 1 is 1.09 bits per heavy atom. The van der Waals surface area contributed by atoms with Crippen molar-refractivity contribution in [1.82, 2.24) is 15.1 Å². The second kappa shape index (κ2) is 9.36. The van der Waals surface area contributed by atoms with Crippen LogP contribution >= 0.6 is 0 Å². The van der Waals surface area contributed by atoms with Crippen LogP contribution in [-0.4, -0.2) is 46.0 Å². The highest BCUT2D eigenvalue weighted by atomic mass is 19.2. The Balaban J connectivity index is 1.57. The molecule has 0 radical (unpaired) electrons. The van der Waals surface area contributed by atoms with Gasteiger partial charge in [0.1, 0.15) is 12.4 Å². The number of benzene rings is 2. The van der Waals surface area contributed by atoms with E-state index in [0.717, 1.165) is 11.0 Å². The van der Waals surface area contributed by atoms with Gasteiger partial charge >= 0.3 is 0 Å². The van der Waals surface area contributed by atoms with Crippen LogP contribution in [0, 0.1) is 31.3 Å². The molecule has 3 aromatic rings. The summed E-state index contributed by atoms with van der Waals surface area (Å²) in [5.41, 5.74) is 1.68. The molecule has 35 heavy (non-hydrogen) atoms. The number of aromatic nitrogens is 2. The number of amides is 2. The van der Waals surface area contributed by atoms with E-state index in [1.807, 2.05) is 0 Å². The van der Waals surface area contributed by atoms with Gasteiger partial charge in [0.2, 0.25) is 5.91 Å². The van der Waals surface area contributed by atoms with Crippen LogP contribution in [0.25, 0.3) is 0 Å². The van der Waals surface area contributed by atoms with Crippen molar-refractivity contribution in [2.24, 2.45) is 0 Å².